The van der Waals surface area contributed by atoms with Gasteiger partial charge in [-0.2, -0.15) is 5.10 Å². The monoisotopic (exact) mass is 409 g/mol. The summed E-state index contributed by atoms with van der Waals surface area (Å²) in [5, 5.41) is 4.33. The van der Waals surface area contributed by atoms with E-state index in [0.29, 0.717) is 48.6 Å². The molecule has 0 atom stereocenters. The summed E-state index contributed by atoms with van der Waals surface area (Å²) in [5.41, 5.74) is 1.31. The molecule has 0 amide bonds. The molecule has 0 saturated carbocycles. The van der Waals surface area contributed by atoms with Gasteiger partial charge in [0.25, 0.3) is 5.56 Å². The standard InChI is InChI=1S/C20H23N7O3/c1-3-7-26-18-16(19(29)27(8-4-2)20(26)30)23-17(24-18)14-10-22-25(12-14)11-13-5-6-21-15(28)9-13/h5-6,9-10,12H,3-4,7-8,11H2,1-2H3,(H,21,28)(H,23,24). The van der Waals surface area contributed by atoms with Gasteiger partial charge in [-0.25, -0.2) is 9.78 Å². The van der Waals surface area contributed by atoms with Crippen LogP contribution in [0.4, 0.5) is 0 Å². The number of H-pyrrole nitrogens is 2. The summed E-state index contributed by atoms with van der Waals surface area (Å²) >= 11 is 0. The van der Waals surface area contributed by atoms with Crippen LogP contribution in [0, 0.1) is 0 Å². The number of hydrogen-bond donors (Lipinski definition) is 2. The molecular weight excluding hydrogens is 386 g/mol. The molecule has 0 aliphatic carbocycles. The van der Waals surface area contributed by atoms with Crippen molar-refractivity contribution in [1.82, 2.24) is 33.9 Å². The van der Waals surface area contributed by atoms with Gasteiger partial charge in [0.05, 0.1) is 18.3 Å². The molecule has 0 spiro atoms. The van der Waals surface area contributed by atoms with E-state index in [1.54, 1.807) is 27.8 Å². The number of pyridine rings is 1. The lowest BCUT2D eigenvalue weighted by atomic mass is 10.3. The lowest BCUT2D eigenvalue weighted by molar-refractivity contribution is 0.555. The zero-order valence-corrected chi connectivity index (χ0v) is 16.9. The maximum absolute atomic E-state index is 12.8. The third-order valence-corrected chi connectivity index (χ3v) is 4.85. The van der Waals surface area contributed by atoms with Crippen LogP contribution in [0.3, 0.4) is 0 Å². The van der Waals surface area contributed by atoms with Gasteiger partial charge >= 0.3 is 5.69 Å². The second-order valence-corrected chi connectivity index (χ2v) is 7.16. The van der Waals surface area contributed by atoms with Gasteiger partial charge in [0.1, 0.15) is 11.3 Å². The van der Waals surface area contributed by atoms with Crippen molar-refractivity contribution in [1.29, 1.82) is 0 Å². The lowest BCUT2D eigenvalue weighted by Crippen LogP contribution is -2.40. The quantitative estimate of drug-likeness (QED) is 0.476. The summed E-state index contributed by atoms with van der Waals surface area (Å²) < 4.78 is 4.50. The lowest BCUT2D eigenvalue weighted by Gasteiger charge is -2.09. The highest BCUT2D eigenvalue weighted by Crippen LogP contribution is 2.18. The Morgan fingerprint density at radius 3 is 2.57 bits per heavy atom. The molecule has 4 heterocycles. The first kappa shape index (κ1) is 19.6. The number of aromatic nitrogens is 7. The van der Waals surface area contributed by atoms with Gasteiger partial charge < -0.3 is 9.97 Å². The number of nitrogens with zero attached hydrogens (tertiary/aromatic N) is 5. The molecule has 10 heteroatoms. The molecule has 0 unspecified atom stereocenters. The van der Waals surface area contributed by atoms with Crippen LogP contribution in [0.5, 0.6) is 0 Å². The molecule has 4 rings (SSSR count). The van der Waals surface area contributed by atoms with Gasteiger partial charge in [0.15, 0.2) is 5.65 Å². The molecule has 0 fully saturated rings. The number of aromatic amines is 2. The number of hydrogen-bond acceptors (Lipinski definition) is 5. The molecule has 10 nitrogen and oxygen atoms in total. The molecule has 30 heavy (non-hydrogen) atoms. The van der Waals surface area contributed by atoms with Crippen LogP contribution in [0.25, 0.3) is 22.6 Å². The highest BCUT2D eigenvalue weighted by Gasteiger charge is 2.18. The molecule has 4 aromatic heterocycles. The Bertz CT molecular complexity index is 1370. The summed E-state index contributed by atoms with van der Waals surface area (Å²) in [6.45, 7) is 5.16. The third kappa shape index (κ3) is 3.51. The molecule has 0 aliphatic rings. The van der Waals surface area contributed by atoms with Crippen LogP contribution in [0.1, 0.15) is 32.3 Å². The van der Waals surface area contributed by atoms with Gasteiger partial charge in [-0.3, -0.25) is 23.4 Å². The molecule has 0 aromatic carbocycles. The largest absolute Gasteiger partial charge is 0.332 e. The highest BCUT2D eigenvalue weighted by molar-refractivity contribution is 5.75. The van der Waals surface area contributed by atoms with Crippen LogP contribution >= 0.6 is 0 Å². The van der Waals surface area contributed by atoms with Crippen molar-refractivity contribution in [2.75, 3.05) is 0 Å². The molecule has 0 saturated heterocycles. The fraction of sp³-hybridized carbons (Fsp3) is 0.350. The second kappa shape index (κ2) is 7.97. The van der Waals surface area contributed by atoms with Crippen LogP contribution in [0.2, 0.25) is 0 Å². The number of imidazole rings is 1. The summed E-state index contributed by atoms with van der Waals surface area (Å²) in [6, 6.07) is 3.33. The smallest absolute Gasteiger partial charge is 0.332 e. The number of rotatable bonds is 7. The minimum Gasteiger partial charge on any atom is -0.332 e. The Morgan fingerprint density at radius 2 is 1.83 bits per heavy atom. The van der Waals surface area contributed by atoms with Gasteiger partial charge in [-0.15, -0.1) is 0 Å². The van der Waals surface area contributed by atoms with E-state index in [9.17, 15) is 14.4 Å². The van der Waals surface area contributed by atoms with Gasteiger partial charge in [-0.1, -0.05) is 13.8 Å². The molecule has 0 radical (unpaired) electrons. The Morgan fingerprint density at radius 1 is 1.07 bits per heavy atom. The van der Waals surface area contributed by atoms with Crippen molar-refractivity contribution in [2.24, 2.45) is 0 Å². The fourth-order valence-electron chi connectivity index (χ4n) is 3.50. The first-order valence-electron chi connectivity index (χ1n) is 9.95. The van der Waals surface area contributed by atoms with Gasteiger partial charge in [0.2, 0.25) is 5.56 Å². The van der Waals surface area contributed by atoms with Crippen molar-refractivity contribution in [2.45, 2.75) is 46.3 Å². The molecule has 0 bridgehead atoms. The average molecular weight is 409 g/mol. The summed E-state index contributed by atoms with van der Waals surface area (Å²) in [4.78, 5) is 47.3. The van der Waals surface area contributed by atoms with Crippen molar-refractivity contribution in [3.63, 3.8) is 0 Å². The van der Waals surface area contributed by atoms with Crippen molar-refractivity contribution >= 4 is 11.2 Å². The van der Waals surface area contributed by atoms with Crippen molar-refractivity contribution in [3.8, 4) is 11.4 Å². The maximum Gasteiger partial charge on any atom is 0.332 e. The van der Waals surface area contributed by atoms with Crippen molar-refractivity contribution < 1.29 is 0 Å². The number of fused-ring (bicyclic) bond motifs is 1. The topological polar surface area (TPSA) is 123 Å². The molecule has 2 N–H and O–H groups in total. The minimum absolute atomic E-state index is 0.172. The Balaban J connectivity index is 1.77. The predicted molar refractivity (Wildman–Crippen MR) is 113 cm³/mol. The summed E-state index contributed by atoms with van der Waals surface area (Å²) in [5.74, 6) is 0.470. The predicted octanol–water partition coefficient (Wildman–Crippen LogP) is 1.31. The van der Waals surface area contributed by atoms with Gasteiger partial charge in [-0.05, 0) is 24.5 Å². The molecule has 4 aromatic rings. The van der Waals surface area contributed by atoms with E-state index in [0.717, 1.165) is 12.0 Å². The Hall–Kier alpha value is -3.69. The SMILES string of the molecule is CCCn1c(=O)c2[nH]c(-c3cnn(Cc4cc[nH]c(=O)c4)c3)nc2n(CCC)c1=O. The Kier molecular flexibility index (Phi) is 5.21. The van der Waals surface area contributed by atoms with E-state index in [2.05, 4.69) is 20.1 Å². The molecule has 0 aliphatic heterocycles. The average Bonchev–Trinajstić information content (AvgIpc) is 3.36. The number of nitrogens with one attached hydrogen (secondary N) is 2. The first-order chi connectivity index (χ1) is 14.5. The maximum atomic E-state index is 12.8. The van der Waals surface area contributed by atoms with E-state index in [-0.39, 0.29) is 16.8 Å². The van der Waals surface area contributed by atoms with E-state index in [1.807, 2.05) is 19.9 Å². The van der Waals surface area contributed by atoms with Crippen LogP contribution in [0.15, 0.2) is 45.1 Å². The minimum atomic E-state index is -0.362. The molecule has 156 valence electrons. The summed E-state index contributed by atoms with van der Waals surface area (Å²) in [6.07, 6.45) is 6.44. The third-order valence-electron chi connectivity index (χ3n) is 4.85. The van der Waals surface area contributed by atoms with Crippen LogP contribution in [-0.4, -0.2) is 33.9 Å². The van der Waals surface area contributed by atoms with Crippen LogP contribution in [-0.2, 0) is 19.6 Å². The number of aryl methyl sites for hydroxylation is 1. The summed E-state index contributed by atoms with van der Waals surface area (Å²) in [7, 11) is 0. The van der Waals surface area contributed by atoms with E-state index in [1.165, 1.54) is 10.6 Å². The normalized spacial score (nSPS) is 11.4. The van der Waals surface area contributed by atoms with E-state index >= 15 is 0 Å². The fourth-order valence-corrected chi connectivity index (χ4v) is 3.50. The van der Waals surface area contributed by atoms with E-state index in [4.69, 9.17) is 0 Å². The zero-order valence-electron chi connectivity index (χ0n) is 16.9. The Labute approximate surface area is 170 Å². The van der Waals surface area contributed by atoms with Crippen LogP contribution < -0.4 is 16.8 Å². The zero-order chi connectivity index (χ0) is 21.3. The second-order valence-electron chi connectivity index (χ2n) is 7.16. The van der Waals surface area contributed by atoms with Crippen molar-refractivity contribution in [3.05, 3.63) is 67.5 Å². The molecular formula is C20H23N7O3. The van der Waals surface area contributed by atoms with Gasteiger partial charge in [0, 0.05) is 31.5 Å². The van der Waals surface area contributed by atoms with E-state index < -0.39 is 0 Å². The highest BCUT2D eigenvalue weighted by atomic mass is 16.2. The first-order valence-corrected chi connectivity index (χ1v) is 9.95.